The molecule has 0 unspecified atom stereocenters. The van der Waals surface area contributed by atoms with Crippen LogP contribution in [0.3, 0.4) is 0 Å². The van der Waals surface area contributed by atoms with Gasteiger partial charge in [-0.3, -0.25) is 0 Å². The molecule has 0 aliphatic rings. The van der Waals surface area contributed by atoms with Crippen molar-refractivity contribution in [3.63, 3.8) is 0 Å². The van der Waals surface area contributed by atoms with Gasteiger partial charge in [0.05, 0.1) is 12.2 Å². The van der Waals surface area contributed by atoms with Crippen LogP contribution in [0.1, 0.15) is 22.8 Å². The Morgan fingerprint density at radius 2 is 1.96 bits per heavy atom. The third-order valence-electron chi connectivity index (χ3n) is 3.11. The number of hydrogen-bond acceptors (Lipinski definition) is 4. The van der Waals surface area contributed by atoms with Gasteiger partial charge in [-0.15, -0.1) is 6.42 Å². The zero-order chi connectivity index (χ0) is 17.4. The summed E-state index contributed by atoms with van der Waals surface area (Å²) in [6.07, 6.45) is 5.06. The number of ether oxygens (including phenoxy) is 3. The number of carbonyl (C=O) groups is 1. The summed E-state index contributed by atoms with van der Waals surface area (Å²) in [7, 11) is 0. The average molecular weight is 328 g/mol. The van der Waals surface area contributed by atoms with Crippen LogP contribution in [0.5, 0.6) is 11.5 Å². The van der Waals surface area contributed by atoms with Crippen molar-refractivity contribution in [2.75, 3.05) is 13.2 Å². The Kier molecular flexibility index (Phi) is 6.21. The number of benzene rings is 2. The third kappa shape index (κ3) is 4.50. The minimum absolute atomic E-state index is 0.0492. The zero-order valence-electron chi connectivity index (χ0n) is 13.3. The molecule has 0 atom stereocenters. The lowest BCUT2D eigenvalue weighted by Crippen LogP contribution is -2.07. The summed E-state index contributed by atoms with van der Waals surface area (Å²) >= 11 is 0. The lowest BCUT2D eigenvalue weighted by molar-refractivity contribution is 0.0556. The van der Waals surface area contributed by atoms with E-state index < -0.39 is 5.97 Å². The van der Waals surface area contributed by atoms with Gasteiger partial charge in [0.2, 0.25) is 0 Å². The first-order valence-electron chi connectivity index (χ1n) is 7.39. The molecule has 0 spiro atoms. The van der Waals surface area contributed by atoms with Crippen molar-refractivity contribution < 1.29 is 23.4 Å². The molecule has 0 aliphatic carbocycles. The predicted molar refractivity (Wildman–Crippen MR) is 87.5 cm³/mol. The van der Waals surface area contributed by atoms with Crippen LogP contribution in [-0.2, 0) is 11.3 Å². The topological polar surface area (TPSA) is 44.8 Å². The normalized spacial score (nSPS) is 9.88. The fourth-order valence-electron chi connectivity index (χ4n) is 1.98. The van der Waals surface area contributed by atoms with Crippen molar-refractivity contribution in [1.29, 1.82) is 0 Å². The molecular weight excluding hydrogens is 311 g/mol. The van der Waals surface area contributed by atoms with Gasteiger partial charge in [0.15, 0.2) is 18.1 Å². The summed E-state index contributed by atoms with van der Waals surface area (Å²) in [5.74, 6) is 2.13. The first-order valence-corrected chi connectivity index (χ1v) is 7.39. The van der Waals surface area contributed by atoms with E-state index in [4.69, 9.17) is 20.6 Å². The van der Waals surface area contributed by atoms with Gasteiger partial charge in [-0.25, -0.2) is 9.18 Å². The molecule has 124 valence electrons. The van der Waals surface area contributed by atoms with Crippen LogP contribution in [0.4, 0.5) is 4.39 Å². The molecule has 0 saturated carbocycles. The van der Waals surface area contributed by atoms with Gasteiger partial charge >= 0.3 is 5.97 Å². The molecule has 0 amide bonds. The Balaban J connectivity index is 2.16. The van der Waals surface area contributed by atoms with Crippen LogP contribution in [0.25, 0.3) is 0 Å². The average Bonchev–Trinajstić information content (AvgIpc) is 2.60. The molecular formula is C19H17FO4. The summed E-state index contributed by atoms with van der Waals surface area (Å²) < 4.78 is 29.6. The van der Waals surface area contributed by atoms with Gasteiger partial charge < -0.3 is 14.2 Å². The highest BCUT2D eigenvalue weighted by molar-refractivity contribution is 5.90. The summed E-state index contributed by atoms with van der Waals surface area (Å²) in [4.78, 5) is 11.8. The van der Waals surface area contributed by atoms with Crippen molar-refractivity contribution in [1.82, 2.24) is 0 Å². The van der Waals surface area contributed by atoms with Crippen LogP contribution < -0.4 is 9.47 Å². The maximum atomic E-state index is 13.6. The van der Waals surface area contributed by atoms with Gasteiger partial charge in [0.25, 0.3) is 0 Å². The molecule has 0 fully saturated rings. The molecule has 2 rings (SSSR count). The number of esters is 1. The smallest absolute Gasteiger partial charge is 0.339 e. The van der Waals surface area contributed by atoms with Crippen LogP contribution in [0, 0.1) is 18.2 Å². The highest BCUT2D eigenvalue weighted by Crippen LogP contribution is 2.29. The Morgan fingerprint density at radius 3 is 2.67 bits per heavy atom. The van der Waals surface area contributed by atoms with Crippen LogP contribution >= 0.6 is 0 Å². The van der Waals surface area contributed by atoms with Gasteiger partial charge in [-0.1, -0.05) is 24.1 Å². The molecule has 0 heterocycles. The molecule has 0 saturated heterocycles. The Labute approximate surface area is 140 Å². The second kappa shape index (κ2) is 8.59. The van der Waals surface area contributed by atoms with Gasteiger partial charge in [-0.2, -0.15) is 0 Å². The van der Waals surface area contributed by atoms with Gasteiger partial charge in [0, 0.05) is 5.56 Å². The van der Waals surface area contributed by atoms with Crippen molar-refractivity contribution in [3.05, 3.63) is 59.4 Å². The molecule has 0 radical (unpaired) electrons. The first-order chi connectivity index (χ1) is 11.7. The molecule has 2 aromatic carbocycles. The van der Waals surface area contributed by atoms with E-state index in [1.54, 1.807) is 24.3 Å². The van der Waals surface area contributed by atoms with Crippen LogP contribution in [0.15, 0.2) is 42.5 Å². The van der Waals surface area contributed by atoms with Gasteiger partial charge in [-0.05, 0) is 31.2 Å². The first kappa shape index (κ1) is 17.4. The summed E-state index contributed by atoms with van der Waals surface area (Å²) in [5, 5.41) is 0. The number of carbonyl (C=O) groups excluding carboxylic acids is 1. The largest absolute Gasteiger partial charge is 0.490 e. The maximum absolute atomic E-state index is 13.6. The summed E-state index contributed by atoms with van der Waals surface area (Å²) in [6.45, 7) is 2.14. The molecule has 0 N–H and O–H groups in total. The Hall–Kier alpha value is -3.00. The lowest BCUT2D eigenvalue weighted by Gasteiger charge is -2.13. The molecule has 0 bridgehead atoms. The van der Waals surface area contributed by atoms with Crippen molar-refractivity contribution in [2.24, 2.45) is 0 Å². The standard InChI is InChI=1S/C19H17FO4/c1-3-11-23-19(21)14-9-10-17(18(12-14)22-4-2)24-13-15-7-5-6-8-16(15)20/h1,5-10,12H,4,11,13H2,2H3. The summed E-state index contributed by atoms with van der Waals surface area (Å²) in [6, 6.07) is 11.0. The highest BCUT2D eigenvalue weighted by Gasteiger charge is 2.13. The van der Waals surface area contributed by atoms with Gasteiger partial charge in [0.1, 0.15) is 12.4 Å². The van der Waals surface area contributed by atoms with Crippen molar-refractivity contribution >= 4 is 5.97 Å². The monoisotopic (exact) mass is 328 g/mol. The van der Waals surface area contributed by atoms with E-state index in [0.717, 1.165) is 0 Å². The quantitative estimate of drug-likeness (QED) is 0.575. The van der Waals surface area contributed by atoms with E-state index in [0.29, 0.717) is 29.2 Å². The van der Waals surface area contributed by atoms with E-state index in [2.05, 4.69) is 5.92 Å². The van der Waals surface area contributed by atoms with E-state index >= 15 is 0 Å². The van der Waals surface area contributed by atoms with Crippen molar-refractivity contribution in [3.8, 4) is 23.8 Å². The highest BCUT2D eigenvalue weighted by atomic mass is 19.1. The minimum Gasteiger partial charge on any atom is -0.490 e. The molecule has 0 aromatic heterocycles. The third-order valence-corrected chi connectivity index (χ3v) is 3.11. The van der Waals surface area contributed by atoms with Crippen LogP contribution in [0.2, 0.25) is 0 Å². The molecule has 2 aromatic rings. The fraction of sp³-hybridized carbons (Fsp3) is 0.211. The second-order valence-electron chi connectivity index (χ2n) is 4.75. The Morgan fingerprint density at radius 1 is 1.17 bits per heavy atom. The molecule has 5 heteroatoms. The number of terminal acetylenes is 1. The fourth-order valence-corrected chi connectivity index (χ4v) is 1.98. The van der Waals surface area contributed by atoms with E-state index in [-0.39, 0.29) is 19.0 Å². The van der Waals surface area contributed by atoms with E-state index in [9.17, 15) is 9.18 Å². The van der Waals surface area contributed by atoms with Crippen LogP contribution in [-0.4, -0.2) is 19.2 Å². The predicted octanol–water partition coefficient (Wildman–Crippen LogP) is 3.59. The zero-order valence-corrected chi connectivity index (χ0v) is 13.3. The molecule has 0 aliphatic heterocycles. The summed E-state index contributed by atoms with van der Waals surface area (Å²) in [5.41, 5.74) is 0.726. The second-order valence-corrected chi connectivity index (χ2v) is 4.75. The number of halogens is 1. The minimum atomic E-state index is -0.547. The SMILES string of the molecule is C#CCOC(=O)c1ccc(OCc2ccccc2F)c(OCC)c1. The van der Waals surface area contributed by atoms with Crippen molar-refractivity contribution in [2.45, 2.75) is 13.5 Å². The Bertz CT molecular complexity index is 749. The molecule has 24 heavy (non-hydrogen) atoms. The molecule has 4 nitrogen and oxygen atoms in total. The van der Waals surface area contributed by atoms with E-state index in [1.807, 2.05) is 6.92 Å². The van der Waals surface area contributed by atoms with E-state index in [1.165, 1.54) is 18.2 Å². The lowest BCUT2D eigenvalue weighted by atomic mass is 10.2. The number of hydrogen-bond donors (Lipinski definition) is 0. The number of rotatable bonds is 7. The maximum Gasteiger partial charge on any atom is 0.339 e.